The zero-order valence-corrected chi connectivity index (χ0v) is 6.43. The third-order valence-electron chi connectivity index (χ3n) is 3.83. The molecule has 0 aliphatic heterocycles. The molecule has 0 heterocycles. The second-order valence-corrected chi connectivity index (χ2v) is 4.05. The molecule has 0 radical (unpaired) electrons. The van der Waals surface area contributed by atoms with Gasteiger partial charge in [-0.3, -0.25) is 0 Å². The van der Waals surface area contributed by atoms with Crippen LogP contribution in [0.3, 0.4) is 0 Å². The van der Waals surface area contributed by atoms with E-state index in [0.29, 0.717) is 0 Å². The Balaban J connectivity index is 2.15. The standard InChI is InChI=1S/C9H16/c1-6-7(2)9-4-3-8(6)5-9/h6-9H,3-5H2,1-2H3/t6-,7+,8?,9?. The molecule has 2 aliphatic carbocycles. The molecular weight excluding hydrogens is 108 g/mol. The topological polar surface area (TPSA) is 0 Å². The molecule has 0 aromatic rings. The van der Waals surface area contributed by atoms with Gasteiger partial charge < -0.3 is 0 Å². The number of hydrogen-bond acceptors (Lipinski definition) is 0. The minimum atomic E-state index is 1.05. The Labute approximate surface area is 57.6 Å². The summed E-state index contributed by atoms with van der Waals surface area (Å²) in [5.41, 5.74) is 0. The average Bonchev–Trinajstić information content (AvgIpc) is 2.37. The highest BCUT2D eigenvalue weighted by Crippen LogP contribution is 2.51. The third-order valence-corrected chi connectivity index (χ3v) is 3.83. The maximum absolute atomic E-state index is 2.44. The Morgan fingerprint density at radius 3 is 1.56 bits per heavy atom. The van der Waals surface area contributed by atoms with Crippen LogP contribution in [-0.4, -0.2) is 0 Å². The van der Waals surface area contributed by atoms with Crippen molar-refractivity contribution in [3.63, 3.8) is 0 Å². The van der Waals surface area contributed by atoms with E-state index in [1.54, 1.807) is 6.42 Å². The normalized spacial score (nSPS) is 56.7. The van der Waals surface area contributed by atoms with Gasteiger partial charge in [0.15, 0.2) is 0 Å². The van der Waals surface area contributed by atoms with E-state index in [1.807, 2.05) is 0 Å². The van der Waals surface area contributed by atoms with Gasteiger partial charge in [0.25, 0.3) is 0 Å². The molecule has 2 bridgehead atoms. The Morgan fingerprint density at radius 2 is 1.33 bits per heavy atom. The molecule has 9 heavy (non-hydrogen) atoms. The first-order valence-corrected chi connectivity index (χ1v) is 4.29. The molecule has 0 N–H and O–H groups in total. The maximum Gasteiger partial charge on any atom is -0.0383 e. The third kappa shape index (κ3) is 0.653. The van der Waals surface area contributed by atoms with Gasteiger partial charge in [-0.15, -0.1) is 0 Å². The van der Waals surface area contributed by atoms with E-state index in [2.05, 4.69) is 13.8 Å². The van der Waals surface area contributed by atoms with Crippen LogP contribution in [-0.2, 0) is 0 Å². The van der Waals surface area contributed by atoms with Gasteiger partial charge in [-0.25, -0.2) is 0 Å². The molecule has 0 heteroatoms. The maximum atomic E-state index is 2.44. The van der Waals surface area contributed by atoms with Gasteiger partial charge in [0.2, 0.25) is 0 Å². The van der Waals surface area contributed by atoms with Crippen molar-refractivity contribution in [3.8, 4) is 0 Å². The van der Waals surface area contributed by atoms with Crippen molar-refractivity contribution in [3.05, 3.63) is 0 Å². The van der Waals surface area contributed by atoms with Crippen molar-refractivity contribution in [1.82, 2.24) is 0 Å². The Kier molecular flexibility index (Phi) is 1.12. The summed E-state index contributed by atoms with van der Waals surface area (Å²) in [6, 6.07) is 0. The van der Waals surface area contributed by atoms with E-state index in [9.17, 15) is 0 Å². The van der Waals surface area contributed by atoms with Crippen LogP contribution in [0.2, 0.25) is 0 Å². The van der Waals surface area contributed by atoms with Crippen LogP contribution in [0.1, 0.15) is 33.1 Å². The quantitative estimate of drug-likeness (QED) is 0.465. The molecular formula is C9H16. The average molecular weight is 124 g/mol. The first-order chi connectivity index (χ1) is 4.29. The van der Waals surface area contributed by atoms with Crippen LogP contribution in [0.4, 0.5) is 0 Å². The smallest absolute Gasteiger partial charge is 0.0383 e. The minimum absolute atomic E-state index is 1.05. The van der Waals surface area contributed by atoms with Gasteiger partial charge in [0.05, 0.1) is 0 Å². The lowest BCUT2D eigenvalue weighted by Gasteiger charge is -2.24. The second-order valence-electron chi connectivity index (χ2n) is 4.05. The number of rotatable bonds is 0. The Hall–Kier alpha value is 0. The van der Waals surface area contributed by atoms with Gasteiger partial charge in [0, 0.05) is 0 Å². The monoisotopic (exact) mass is 124 g/mol. The first-order valence-electron chi connectivity index (χ1n) is 4.29. The summed E-state index contributed by atoms with van der Waals surface area (Å²) in [4.78, 5) is 0. The molecule has 2 aliphatic rings. The zero-order chi connectivity index (χ0) is 6.43. The fourth-order valence-electron chi connectivity index (χ4n) is 2.87. The molecule has 2 fully saturated rings. The van der Waals surface area contributed by atoms with Crippen LogP contribution < -0.4 is 0 Å². The first kappa shape index (κ1) is 5.76. The molecule has 0 aromatic heterocycles. The molecule has 0 spiro atoms. The molecule has 0 nitrogen and oxygen atoms in total. The van der Waals surface area contributed by atoms with Crippen LogP contribution in [0.15, 0.2) is 0 Å². The van der Waals surface area contributed by atoms with Crippen LogP contribution >= 0.6 is 0 Å². The van der Waals surface area contributed by atoms with Crippen molar-refractivity contribution in [1.29, 1.82) is 0 Å². The summed E-state index contributed by atoms with van der Waals surface area (Å²) in [5.74, 6) is 4.32. The van der Waals surface area contributed by atoms with E-state index >= 15 is 0 Å². The Bertz CT molecular complexity index is 99.2. The highest BCUT2D eigenvalue weighted by Gasteiger charge is 2.42. The van der Waals surface area contributed by atoms with Crippen molar-refractivity contribution in [2.75, 3.05) is 0 Å². The summed E-state index contributed by atoms with van der Waals surface area (Å²) < 4.78 is 0. The predicted octanol–water partition coefficient (Wildman–Crippen LogP) is 2.69. The van der Waals surface area contributed by atoms with Crippen molar-refractivity contribution >= 4 is 0 Å². The van der Waals surface area contributed by atoms with Gasteiger partial charge in [0.1, 0.15) is 0 Å². The highest BCUT2D eigenvalue weighted by atomic mass is 14.5. The fraction of sp³-hybridized carbons (Fsp3) is 1.00. The van der Waals surface area contributed by atoms with Crippen molar-refractivity contribution < 1.29 is 0 Å². The molecule has 2 unspecified atom stereocenters. The molecule has 0 amide bonds. The molecule has 52 valence electrons. The second kappa shape index (κ2) is 1.74. The lowest BCUT2D eigenvalue weighted by molar-refractivity contribution is 0.259. The molecule has 2 rings (SSSR count). The van der Waals surface area contributed by atoms with E-state index < -0.39 is 0 Å². The molecule has 4 atom stereocenters. The Morgan fingerprint density at radius 1 is 0.889 bits per heavy atom. The van der Waals surface area contributed by atoms with E-state index in [1.165, 1.54) is 12.8 Å². The largest absolute Gasteiger partial charge is 0.0620 e. The summed E-state index contributed by atoms with van der Waals surface area (Å²) in [7, 11) is 0. The minimum Gasteiger partial charge on any atom is -0.0620 e. The van der Waals surface area contributed by atoms with Gasteiger partial charge in [-0.05, 0) is 42.9 Å². The summed E-state index contributed by atoms with van der Waals surface area (Å²) in [6.07, 6.45) is 4.63. The lowest BCUT2D eigenvalue weighted by Crippen LogP contribution is -2.15. The fourth-order valence-corrected chi connectivity index (χ4v) is 2.87. The highest BCUT2D eigenvalue weighted by molar-refractivity contribution is 4.92. The van der Waals surface area contributed by atoms with Crippen LogP contribution in [0, 0.1) is 23.7 Å². The summed E-state index contributed by atoms with van der Waals surface area (Å²) in [5, 5.41) is 0. The van der Waals surface area contributed by atoms with Crippen molar-refractivity contribution in [2.45, 2.75) is 33.1 Å². The number of fused-ring (bicyclic) bond motifs is 2. The van der Waals surface area contributed by atoms with E-state index in [-0.39, 0.29) is 0 Å². The summed E-state index contributed by atoms with van der Waals surface area (Å²) in [6.45, 7) is 4.88. The van der Waals surface area contributed by atoms with E-state index in [0.717, 1.165) is 23.7 Å². The summed E-state index contributed by atoms with van der Waals surface area (Å²) >= 11 is 0. The van der Waals surface area contributed by atoms with Crippen LogP contribution in [0.25, 0.3) is 0 Å². The number of hydrogen-bond donors (Lipinski definition) is 0. The van der Waals surface area contributed by atoms with Crippen LogP contribution in [0.5, 0.6) is 0 Å². The van der Waals surface area contributed by atoms with Gasteiger partial charge in [-0.2, -0.15) is 0 Å². The predicted molar refractivity (Wildman–Crippen MR) is 39.2 cm³/mol. The van der Waals surface area contributed by atoms with Gasteiger partial charge >= 0.3 is 0 Å². The SMILES string of the molecule is C[C@@H]1C2CCC(C2)[C@@H]1C. The molecule has 0 aromatic carbocycles. The molecule has 2 saturated carbocycles. The zero-order valence-electron chi connectivity index (χ0n) is 6.43. The lowest BCUT2D eigenvalue weighted by atomic mass is 9.82. The van der Waals surface area contributed by atoms with Gasteiger partial charge in [-0.1, -0.05) is 13.8 Å². The van der Waals surface area contributed by atoms with E-state index in [4.69, 9.17) is 0 Å². The van der Waals surface area contributed by atoms with Crippen molar-refractivity contribution in [2.24, 2.45) is 23.7 Å². The molecule has 0 saturated heterocycles.